The molecule has 0 heterocycles. The molecule has 0 saturated heterocycles. The summed E-state index contributed by atoms with van der Waals surface area (Å²) in [5.41, 5.74) is 0. The Kier molecular flexibility index (Phi) is 5.48. The smallest absolute Gasteiger partial charge is 0.323 e. The summed E-state index contributed by atoms with van der Waals surface area (Å²) in [6, 6.07) is 0.412. The lowest BCUT2D eigenvalue weighted by molar-refractivity contribution is -0.138. The predicted octanol–water partition coefficient (Wildman–Crippen LogP) is 2.95. The van der Waals surface area contributed by atoms with Gasteiger partial charge in [-0.05, 0) is 38.0 Å². The van der Waals surface area contributed by atoms with E-state index in [-0.39, 0.29) is 18.6 Å². The monoisotopic (exact) mass is 296 g/mol. The second kappa shape index (κ2) is 7.14. The summed E-state index contributed by atoms with van der Waals surface area (Å²) in [5, 5.41) is 9.13. The van der Waals surface area contributed by atoms with Crippen LogP contribution in [-0.2, 0) is 4.79 Å². The van der Waals surface area contributed by atoms with E-state index in [2.05, 4.69) is 13.8 Å². The first-order valence-electron chi connectivity index (χ1n) is 8.28. The molecule has 120 valence electrons. The van der Waals surface area contributed by atoms with Crippen LogP contribution in [0.15, 0.2) is 0 Å². The standard InChI is InChI=1S/C16H28N2O3/c1-12(2)9-10-17(14-7-8-14)16(21)18(11-15(19)20)13-5-3-4-6-13/h12-14H,3-11H2,1-2H3,(H,19,20). The SMILES string of the molecule is CC(C)CCN(C(=O)N(CC(=O)O)C1CCCC1)C1CC1. The van der Waals surface area contributed by atoms with Gasteiger partial charge >= 0.3 is 12.0 Å². The molecule has 0 atom stereocenters. The van der Waals surface area contributed by atoms with Crippen molar-refractivity contribution in [3.8, 4) is 0 Å². The van der Waals surface area contributed by atoms with Gasteiger partial charge in [-0.2, -0.15) is 0 Å². The first kappa shape index (κ1) is 16.1. The highest BCUT2D eigenvalue weighted by Gasteiger charge is 2.38. The molecular weight excluding hydrogens is 268 g/mol. The van der Waals surface area contributed by atoms with Crippen molar-refractivity contribution >= 4 is 12.0 Å². The van der Waals surface area contributed by atoms with Crippen LogP contribution in [0.4, 0.5) is 4.79 Å². The van der Waals surface area contributed by atoms with Crippen molar-refractivity contribution in [3.05, 3.63) is 0 Å². The van der Waals surface area contributed by atoms with Crippen LogP contribution in [0.1, 0.15) is 58.8 Å². The molecule has 0 radical (unpaired) electrons. The summed E-state index contributed by atoms with van der Waals surface area (Å²) in [6.07, 6.45) is 7.20. The molecule has 0 aromatic carbocycles. The highest BCUT2D eigenvalue weighted by molar-refractivity contribution is 5.81. The third-order valence-electron chi connectivity index (χ3n) is 4.50. The van der Waals surface area contributed by atoms with Crippen LogP contribution in [0.3, 0.4) is 0 Å². The minimum atomic E-state index is -0.908. The predicted molar refractivity (Wildman–Crippen MR) is 81.2 cm³/mol. The number of nitrogens with zero attached hydrogens (tertiary/aromatic N) is 2. The number of aliphatic carboxylic acids is 1. The Hall–Kier alpha value is -1.26. The molecule has 2 fully saturated rings. The fraction of sp³-hybridized carbons (Fsp3) is 0.875. The zero-order valence-electron chi connectivity index (χ0n) is 13.3. The van der Waals surface area contributed by atoms with Gasteiger partial charge in [0.05, 0.1) is 0 Å². The van der Waals surface area contributed by atoms with Crippen molar-refractivity contribution in [3.63, 3.8) is 0 Å². The lowest BCUT2D eigenvalue weighted by Crippen LogP contribution is -2.50. The van der Waals surface area contributed by atoms with Crippen LogP contribution >= 0.6 is 0 Å². The van der Waals surface area contributed by atoms with Crippen LogP contribution in [0.25, 0.3) is 0 Å². The maximum Gasteiger partial charge on any atom is 0.323 e. The minimum absolute atomic E-state index is 0.0487. The van der Waals surface area contributed by atoms with Gasteiger partial charge in [0.1, 0.15) is 6.54 Å². The molecule has 2 rings (SSSR count). The Bertz CT molecular complexity index is 374. The maximum atomic E-state index is 12.8. The van der Waals surface area contributed by atoms with E-state index in [0.29, 0.717) is 12.0 Å². The number of hydrogen-bond acceptors (Lipinski definition) is 2. The average Bonchev–Trinajstić information content (AvgIpc) is 3.10. The highest BCUT2D eigenvalue weighted by Crippen LogP contribution is 2.31. The lowest BCUT2D eigenvalue weighted by atomic mass is 10.1. The molecule has 0 spiro atoms. The first-order chi connectivity index (χ1) is 9.99. The fourth-order valence-electron chi connectivity index (χ4n) is 3.10. The Balaban J connectivity index is 2.04. The van der Waals surface area contributed by atoms with Gasteiger partial charge in [-0.25, -0.2) is 4.79 Å². The van der Waals surface area contributed by atoms with Gasteiger partial charge in [-0.15, -0.1) is 0 Å². The Labute approximate surface area is 127 Å². The van der Waals surface area contributed by atoms with Crippen molar-refractivity contribution < 1.29 is 14.7 Å². The number of amides is 2. The Morgan fingerprint density at radius 2 is 1.62 bits per heavy atom. The third-order valence-corrected chi connectivity index (χ3v) is 4.50. The summed E-state index contributed by atoms with van der Waals surface area (Å²) in [5.74, 6) is -0.353. The van der Waals surface area contributed by atoms with Crippen molar-refractivity contribution in [2.24, 2.45) is 5.92 Å². The number of urea groups is 1. The van der Waals surface area contributed by atoms with Gasteiger partial charge in [-0.3, -0.25) is 4.79 Å². The molecule has 2 aliphatic carbocycles. The molecule has 0 aromatic rings. The third kappa shape index (κ3) is 4.61. The van der Waals surface area contributed by atoms with Gasteiger partial charge in [0.25, 0.3) is 0 Å². The second-order valence-corrected chi connectivity index (χ2v) is 6.85. The molecule has 0 unspecified atom stereocenters. The number of carbonyl (C=O) groups is 2. The van der Waals surface area contributed by atoms with E-state index in [1.807, 2.05) is 4.90 Å². The molecule has 2 saturated carbocycles. The largest absolute Gasteiger partial charge is 0.480 e. The molecule has 2 aliphatic rings. The van der Waals surface area contributed by atoms with Gasteiger partial charge in [0, 0.05) is 18.6 Å². The van der Waals surface area contributed by atoms with Crippen LogP contribution in [0.5, 0.6) is 0 Å². The first-order valence-corrected chi connectivity index (χ1v) is 8.28. The molecule has 2 amide bonds. The average molecular weight is 296 g/mol. The molecule has 0 aliphatic heterocycles. The normalized spacial score (nSPS) is 19.0. The van der Waals surface area contributed by atoms with E-state index in [1.54, 1.807) is 4.90 Å². The summed E-state index contributed by atoms with van der Waals surface area (Å²) >= 11 is 0. The van der Waals surface area contributed by atoms with E-state index in [0.717, 1.165) is 51.5 Å². The van der Waals surface area contributed by atoms with Crippen LogP contribution in [0, 0.1) is 5.92 Å². The van der Waals surface area contributed by atoms with Crippen LogP contribution < -0.4 is 0 Å². The van der Waals surface area contributed by atoms with Crippen molar-refractivity contribution in [2.75, 3.05) is 13.1 Å². The van der Waals surface area contributed by atoms with Crippen LogP contribution in [0.2, 0.25) is 0 Å². The molecule has 1 N–H and O–H groups in total. The molecule has 5 nitrogen and oxygen atoms in total. The topological polar surface area (TPSA) is 60.9 Å². The summed E-state index contributed by atoms with van der Waals surface area (Å²) in [6.45, 7) is 4.90. The molecule has 21 heavy (non-hydrogen) atoms. The van der Waals surface area contributed by atoms with E-state index in [9.17, 15) is 9.59 Å². The van der Waals surface area contributed by atoms with E-state index >= 15 is 0 Å². The number of rotatable bonds is 7. The van der Waals surface area contributed by atoms with Crippen LogP contribution in [-0.4, -0.2) is 52.1 Å². The van der Waals surface area contributed by atoms with Gasteiger partial charge in [-0.1, -0.05) is 26.7 Å². The Morgan fingerprint density at radius 1 is 1.05 bits per heavy atom. The zero-order chi connectivity index (χ0) is 15.4. The van der Waals surface area contributed by atoms with Crippen molar-refractivity contribution in [2.45, 2.75) is 70.9 Å². The summed E-state index contributed by atoms with van der Waals surface area (Å²) < 4.78 is 0. The Morgan fingerprint density at radius 3 is 2.10 bits per heavy atom. The van der Waals surface area contributed by atoms with E-state index < -0.39 is 5.97 Å². The van der Waals surface area contributed by atoms with E-state index in [4.69, 9.17) is 5.11 Å². The molecule has 0 aromatic heterocycles. The van der Waals surface area contributed by atoms with Gasteiger partial charge < -0.3 is 14.9 Å². The number of carbonyl (C=O) groups excluding carboxylic acids is 1. The van der Waals surface area contributed by atoms with Crippen molar-refractivity contribution in [1.29, 1.82) is 0 Å². The number of carboxylic acids is 1. The fourth-order valence-corrected chi connectivity index (χ4v) is 3.10. The van der Waals surface area contributed by atoms with Crippen molar-refractivity contribution in [1.82, 2.24) is 9.80 Å². The molecular formula is C16H28N2O3. The quantitative estimate of drug-likeness (QED) is 0.785. The molecule has 5 heteroatoms. The zero-order valence-corrected chi connectivity index (χ0v) is 13.3. The number of hydrogen-bond donors (Lipinski definition) is 1. The minimum Gasteiger partial charge on any atom is -0.480 e. The highest BCUT2D eigenvalue weighted by atomic mass is 16.4. The summed E-state index contributed by atoms with van der Waals surface area (Å²) in [7, 11) is 0. The molecule has 0 bridgehead atoms. The van der Waals surface area contributed by atoms with Gasteiger partial charge in [0.2, 0.25) is 0 Å². The second-order valence-electron chi connectivity index (χ2n) is 6.85. The maximum absolute atomic E-state index is 12.8. The summed E-state index contributed by atoms with van der Waals surface area (Å²) in [4.78, 5) is 27.5. The number of carboxylic acid groups (broad SMARTS) is 1. The lowest BCUT2D eigenvalue weighted by Gasteiger charge is -2.34. The van der Waals surface area contributed by atoms with Gasteiger partial charge in [0.15, 0.2) is 0 Å². The van der Waals surface area contributed by atoms with E-state index in [1.165, 1.54) is 0 Å².